The maximum atomic E-state index is 11.2. The van der Waals surface area contributed by atoms with Crippen molar-refractivity contribution >= 4 is 17.3 Å². The number of nitrogens with zero attached hydrogens (tertiary/aromatic N) is 2. The van der Waals surface area contributed by atoms with Gasteiger partial charge in [-0.25, -0.2) is 4.79 Å². The minimum absolute atomic E-state index is 0.0697. The van der Waals surface area contributed by atoms with Crippen LogP contribution in [0.3, 0.4) is 0 Å². The Kier molecular flexibility index (Phi) is 4.19. The molecule has 7 heteroatoms. The lowest BCUT2D eigenvalue weighted by Gasteiger charge is -2.20. The predicted octanol–water partition coefficient (Wildman–Crippen LogP) is 1.50. The Morgan fingerprint density at radius 2 is 2.25 bits per heavy atom. The molecule has 0 radical (unpaired) electrons. The maximum Gasteiger partial charge on any atom is 0.337 e. The van der Waals surface area contributed by atoms with Gasteiger partial charge in [-0.05, 0) is 24.8 Å². The lowest BCUT2D eigenvalue weighted by molar-refractivity contribution is -0.384. The second-order valence-corrected chi connectivity index (χ2v) is 4.88. The summed E-state index contributed by atoms with van der Waals surface area (Å²) >= 11 is 0. The zero-order chi connectivity index (χ0) is 14.7. The summed E-state index contributed by atoms with van der Waals surface area (Å²) in [6, 6.07) is 3.79. The fourth-order valence-corrected chi connectivity index (χ4v) is 2.55. The maximum absolute atomic E-state index is 11.2. The molecule has 1 aromatic rings. The number of aromatic carboxylic acids is 1. The Morgan fingerprint density at radius 3 is 2.85 bits per heavy atom. The fraction of sp³-hybridized carbons (Fsp3) is 0.462. The van der Waals surface area contributed by atoms with Gasteiger partial charge in [0.1, 0.15) is 0 Å². The number of anilines is 1. The molecular weight excluding hydrogens is 264 g/mol. The standard InChI is InChI=1S/C13H16N2O5/c16-6-4-9-3-5-14(8-9)12-7-10(15(19)20)1-2-11(12)13(17)18/h1-2,7,9,16H,3-6,8H2,(H,17,18). The Morgan fingerprint density at radius 1 is 1.50 bits per heavy atom. The Labute approximate surface area is 115 Å². The molecule has 2 N–H and O–H groups in total. The summed E-state index contributed by atoms with van der Waals surface area (Å²) in [5.74, 6) is -0.804. The monoisotopic (exact) mass is 280 g/mol. The molecule has 1 fully saturated rings. The molecule has 0 spiro atoms. The van der Waals surface area contributed by atoms with Crippen LogP contribution in [0.15, 0.2) is 18.2 Å². The zero-order valence-electron chi connectivity index (χ0n) is 10.9. The molecule has 0 aliphatic carbocycles. The van der Waals surface area contributed by atoms with Crippen molar-refractivity contribution in [3.8, 4) is 0 Å². The molecule has 1 aromatic carbocycles. The fourth-order valence-electron chi connectivity index (χ4n) is 2.55. The molecule has 0 saturated carbocycles. The summed E-state index contributed by atoms with van der Waals surface area (Å²) < 4.78 is 0. The van der Waals surface area contributed by atoms with E-state index in [4.69, 9.17) is 5.11 Å². The van der Waals surface area contributed by atoms with Gasteiger partial charge in [0.2, 0.25) is 0 Å². The van der Waals surface area contributed by atoms with Crippen LogP contribution in [-0.2, 0) is 0 Å². The van der Waals surface area contributed by atoms with Crippen molar-refractivity contribution in [1.29, 1.82) is 0 Å². The lowest BCUT2D eigenvalue weighted by atomic mass is 10.1. The van der Waals surface area contributed by atoms with Crippen molar-refractivity contribution in [3.63, 3.8) is 0 Å². The van der Waals surface area contributed by atoms with Gasteiger partial charge < -0.3 is 15.1 Å². The van der Waals surface area contributed by atoms with Crippen LogP contribution >= 0.6 is 0 Å². The summed E-state index contributed by atoms with van der Waals surface area (Å²) in [5.41, 5.74) is 0.336. The van der Waals surface area contributed by atoms with E-state index in [0.29, 0.717) is 31.1 Å². The molecule has 7 nitrogen and oxygen atoms in total. The molecule has 0 amide bonds. The van der Waals surface area contributed by atoms with Crippen LogP contribution in [0.25, 0.3) is 0 Å². The van der Waals surface area contributed by atoms with Gasteiger partial charge in [0.15, 0.2) is 0 Å². The minimum Gasteiger partial charge on any atom is -0.478 e. The minimum atomic E-state index is -1.10. The van der Waals surface area contributed by atoms with Crippen molar-refractivity contribution in [1.82, 2.24) is 0 Å². The number of hydrogen-bond acceptors (Lipinski definition) is 5. The van der Waals surface area contributed by atoms with E-state index in [1.165, 1.54) is 18.2 Å². The topological polar surface area (TPSA) is 104 Å². The SMILES string of the molecule is O=C(O)c1ccc([N+](=O)[O-])cc1N1CCC(CCO)C1. The van der Waals surface area contributed by atoms with Gasteiger partial charge in [-0.3, -0.25) is 10.1 Å². The Balaban J connectivity index is 2.31. The normalized spacial score (nSPS) is 18.2. The molecule has 1 unspecified atom stereocenters. The summed E-state index contributed by atoms with van der Waals surface area (Å²) in [6.45, 7) is 1.35. The summed E-state index contributed by atoms with van der Waals surface area (Å²) in [7, 11) is 0. The van der Waals surface area contributed by atoms with E-state index >= 15 is 0 Å². The van der Waals surface area contributed by atoms with Crippen LogP contribution in [0.1, 0.15) is 23.2 Å². The molecule has 1 aliphatic rings. The zero-order valence-corrected chi connectivity index (χ0v) is 10.9. The van der Waals surface area contributed by atoms with Crippen LogP contribution in [0.2, 0.25) is 0 Å². The number of carboxylic acid groups (broad SMARTS) is 1. The highest BCUT2D eigenvalue weighted by atomic mass is 16.6. The number of non-ortho nitro benzene ring substituents is 1. The average Bonchev–Trinajstić information content (AvgIpc) is 2.86. The predicted molar refractivity (Wildman–Crippen MR) is 72.1 cm³/mol. The van der Waals surface area contributed by atoms with E-state index in [9.17, 15) is 20.0 Å². The van der Waals surface area contributed by atoms with Crippen molar-refractivity contribution in [2.45, 2.75) is 12.8 Å². The van der Waals surface area contributed by atoms with Crippen LogP contribution in [0.4, 0.5) is 11.4 Å². The number of carbonyl (C=O) groups is 1. The number of hydrogen-bond donors (Lipinski definition) is 2. The third-order valence-corrected chi connectivity index (χ3v) is 3.59. The van der Waals surface area contributed by atoms with Gasteiger partial charge in [0, 0.05) is 31.8 Å². The van der Waals surface area contributed by atoms with Gasteiger partial charge >= 0.3 is 5.97 Å². The van der Waals surface area contributed by atoms with Crippen molar-refractivity contribution in [2.24, 2.45) is 5.92 Å². The van der Waals surface area contributed by atoms with Crippen molar-refractivity contribution in [3.05, 3.63) is 33.9 Å². The summed E-state index contributed by atoms with van der Waals surface area (Å²) in [6.07, 6.45) is 1.51. The molecule has 1 aliphatic heterocycles. The van der Waals surface area contributed by atoms with Gasteiger partial charge in [-0.15, -0.1) is 0 Å². The largest absolute Gasteiger partial charge is 0.478 e. The van der Waals surface area contributed by atoms with Gasteiger partial charge in [-0.2, -0.15) is 0 Å². The third kappa shape index (κ3) is 2.88. The first-order valence-corrected chi connectivity index (χ1v) is 6.40. The van der Waals surface area contributed by atoms with Crippen LogP contribution in [0, 0.1) is 16.0 Å². The molecule has 1 saturated heterocycles. The van der Waals surface area contributed by atoms with E-state index in [1.807, 2.05) is 4.90 Å². The van der Waals surface area contributed by atoms with Crippen LogP contribution < -0.4 is 4.90 Å². The lowest BCUT2D eigenvalue weighted by Crippen LogP contribution is -2.22. The Bertz CT molecular complexity index is 531. The van der Waals surface area contributed by atoms with E-state index < -0.39 is 10.9 Å². The van der Waals surface area contributed by atoms with Gasteiger partial charge in [0.25, 0.3) is 5.69 Å². The second kappa shape index (κ2) is 5.87. The van der Waals surface area contributed by atoms with Crippen molar-refractivity contribution < 1.29 is 19.9 Å². The molecular formula is C13H16N2O5. The number of aliphatic hydroxyl groups excluding tert-OH is 1. The molecule has 0 aromatic heterocycles. The van der Waals surface area contributed by atoms with Crippen LogP contribution in [0.5, 0.6) is 0 Å². The quantitative estimate of drug-likeness (QED) is 0.625. The van der Waals surface area contributed by atoms with E-state index in [0.717, 1.165) is 6.42 Å². The third-order valence-electron chi connectivity index (χ3n) is 3.59. The highest BCUT2D eigenvalue weighted by Gasteiger charge is 2.26. The molecule has 1 atom stereocenters. The van der Waals surface area contributed by atoms with Gasteiger partial charge in [-0.1, -0.05) is 0 Å². The molecule has 1 heterocycles. The first kappa shape index (κ1) is 14.3. The molecule has 20 heavy (non-hydrogen) atoms. The number of carboxylic acids is 1. The highest BCUT2D eigenvalue weighted by Crippen LogP contribution is 2.31. The molecule has 108 valence electrons. The summed E-state index contributed by atoms with van der Waals surface area (Å²) in [5, 5.41) is 29.0. The number of rotatable bonds is 5. The van der Waals surface area contributed by atoms with Gasteiger partial charge in [0.05, 0.1) is 16.2 Å². The highest BCUT2D eigenvalue weighted by molar-refractivity contribution is 5.95. The molecule has 0 bridgehead atoms. The Hall–Kier alpha value is -2.15. The van der Waals surface area contributed by atoms with Crippen molar-refractivity contribution in [2.75, 3.05) is 24.6 Å². The second-order valence-electron chi connectivity index (χ2n) is 4.88. The first-order valence-electron chi connectivity index (χ1n) is 6.40. The van der Waals surface area contributed by atoms with E-state index in [2.05, 4.69) is 0 Å². The number of nitro groups is 1. The van der Waals surface area contributed by atoms with E-state index in [1.54, 1.807) is 0 Å². The average molecular weight is 280 g/mol. The number of benzene rings is 1. The van der Waals surface area contributed by atoms with Crippen LogP contribution in [-0.4, -0.2) is 40.8 Å². The summed E-state index contributed by atoms with van der Waals surface area (Å²) in [4.78, 5) is 23.4. The first-order chi connectivity index (χ1) is 9.52. The number of aliphatic hydroxyl groups is 1. The van der Waals surface area contributed by atoms with E-state index in [-0.39, 0.29) is 17.9 Å². The smallest absolute Gasteiger partial charge is 0.337 e. The molecule has 2 rings (SSSR count). The number of nitro benzene ring substituents is 1.